The molecule has 0 N–H and O–H groups in total. The monoisotopic (exact) mass is 192 g/mol. The van der Waals surface area contributed by atoms with E-state index in [0.717, 1.165) is 11.3 Å². The zero-order chi connectivity index (χ0) is 10.1. The maximum atomic E-state index is 11.1. The van der Waals surface area contributed by atoms with E-state index in [-0.39, 0.29) is 11.9 Å². The molecule has 14 heavy (non-hydrogen) atoms. The van der Waals surface area contributed by atoms with Gasteiger partial charge in [-0.2, -0.15) is 0 Å². The summed E-state index contributed by atoms with van der Waals surface area (Å²) in [5.41, 5.74) is 1.05. The Morgan fingerprint density at radius 1 is 1.50 bits per heavy atom. The van der Waals surface area contributed by atoms with Gasteiger partial charge in [-0.05, 0) is 24.1 Å². The molecular weight excluding hydrogens is 180 g/mol. The first-order valence-electron chi connectivity index (χ1n) is 4.59. The summed E-state index contributed by atoms with van der Waals surface area (Å²) >= 11 is 0. The number of methoxy groups -OCH3 is 1. The van der Waals surface area contributed by atoms with Gasteiger partial charge >= 0.3 is 5.97 Å². The summed E-state index contributed by atoms with van der Waals surface area (Å²) < 4.78 is 10.2. The fraction of sp³-hybridized carbons (Fsp3) is 0.364. The highest BCUT2D eigenvalue weighted by Gasteiger charge is 2.23. The number of hydrogen-bond donors (Lipinski definition) is 0. The molecule has 3 nitrogen and oxygen atoms in total. The van der Waals surface area contributed by atoms with E-state index < -0.39 is 0 Å². The van der Waals surface area contributed by atoms with Crippen LogP contribution in [0.25, 0.3) is 0 Å². The standard InChI is InChI=1S/C11H12O3/c1-7-5-11(12)14-10-4-3-8(13-2)6-9(7)10/h3-4,6-7H,5H2,1-2H3. The van der Waals surface area contributed by atoms with Crippen LogP contribution in [0.5, 0.6) is 11.5 Å². The summed E-state index contributed by atoms with van der Waals surface area (Å²) in [4.78, 5) is 11.1. The number of ether oxygens (including phenoxy) is 2. The highest BCUT2D eigenvalue weighted by molar-refractivity contribution is 5.76. The molecule has 0 bridgehead atoms. The molecule has 1 aromatic carbocycles. The lowest BCUT2D eigenvalue weighted by atomic mass is 9.94. The van der Waals surface area contributed by atoms with Crippen molar-refractivity contribution in [3.63, 3.8) is 0 Å². The minimum absolute atomic E-state index is 0.157. The van der Waals surface area contributed by atoms with Crippen LogP contribution in [-0.4, -0.2) is 13.1 Å². The van der Waals surface area contributed by atoms with E-state index >= 15 is 0 Å². The third kappa shape index (κ3) is 1.45. The number of carbonyl (C=O) groups excluding carboxylic acids is 1. The first-order chi connectivity index (χ1) is 6.70. The van der Waals surface area contributed by atoms with Crippen LogP contribution in [0.2, 0.25) is 0 Å². The molecule has 74 valence electrons. The molecule has 1 heterocycles. The lowest BCUT2D eigenvalue weighted by Crippen LogP contribution is -2.18. The molecular formula is C11H12O3. The van der Waals surface area contributed by atoms with E-state index in [0.29, 0.717) is 12.2 Å². The Morgan fingerprint density at radius 3 is 3.00 bits per heavy atom. The van der Waals surface area contributed by atoms with Crippen LogP contribution in [0.4, 0.5) is 0 Å². The first kappa shape index (κ1) is 9.06. The Hall–Kier alpha value is -1.51. The van der Waals surface area contributed by atoms with Crippen LogP contribution in [0.15, 0.2) is 18.2 Å². The van der Waals surface area contributed by atoms with Gasteiger partial charge in [0.05, 0.1) is 13.5 Å². The van der Waals surface area contributed by atoms with Gasteiger partial charge in [-0.25, -0.2) is 0 Å². The van der Waals surface area contributed by atoms with Crippen molar-refractivity contribution in [3.05, 3.63) is 23.8 Å². The van der Waals surface area contributed by atoms with E-state index in [1.54, 1.807) is 19.2 Å². The molecule has 3 heteroatoms. The Kier molecular flexibility index (Phi) is 2.15. The predicted octanol–water partition coefficient (Wildman–Crippen LogP) is 2.11. The van der Waals surface area contributed by atoms with Crippen LogP contribution in [0, 0.1) is 0 Å². The number of carbonyl (C=O) groups is 1. The second-order valence-electron chi connectivity index (χ2n) is 3.48. The van der Waals surface area contributed by atoms with Crippen LogP contribution in [0.1, 0.15) is 24.8 Å². The maximum absolute atomic E-state index is 11.1. The summed E-state index contributed by atoms with van der Waals surface area (Å²) in [7, 11) is 1.63. The molecule has 1 unspecified atom stereocenters. The number of fused-ring (bicyclic) bond motifs is 1. The molecule has 1 atom stereocenters. The van der Waals surface area contributed by atoms with Crippen molar-refractivity contribution < 1.29 is 14.3 Å². The number of hydrogen-bond acceptors (Lipinski definition) is 3. The molecule has 0 fully saturated rings. The second-order valence-corrected chi connectivity index (χ2v) is 3.48. The van der Waals surface area contributed by atoms with Crippen molar-refractivity contribution in [1.29, 1.82) is 0 Å². The molecule has 0 saturated heterocycles. The van der Waals surface area contributed by atoms with Gasteiger partial charge in [-0.3, -0.25) is 4.79 Å². The van der Waals surface area contributed by atoms with Gasteiger partial charge in [-0.1, -0.05) is 6.92 Å². The van der Waals surface area contributed by atoms with Crippen molar-refractivity contribution in [2.75, 3.05) is 7.11 Å². The highest BCUT2D eigenvalue weighted by atomic mass is 16.5. The molecule has 1 aliphatic heterocycles. The minimum atomic E-state index is -0.157. The Labute approximate surface area is 82.6 Å². The van der Waals surface area contributed by atoms with E-state index in [2.05, 4.69) is 0 Å². The first-order valence-corrected chi connectivity index (χ1v) is 4.59. The fourth-order valence-corrected chi connectivity index (χ4v) is 1.66. The molecule has 1 aromatic rings. The van der Waals surface area contributed by atoms with Crippen LogP contribution in [-0.2, 0) is 4.79 Å². The second kappa shape index (κ2) is 3.33. The van der Waals surface area contributed by atoms with Crippen molar-refractivity contribution in [2.45, 2.75) is 19.3 Å². The Balaban J connectivity index is 2.44. The smallest absolute Gasteiger partial charge is 0.311 e. The maximum Gasteiger partial charge on any atom is 0.311 e. The third-order valence-electron chi connectivity index (χ3n) is 2.44. The zero-order valence-corrected chi connectivity index (χ0v) is 8.24. The third-order valence-corrected chi connectivity index (χ3v) is 2.44. The van der Waals surface area contributed by atoms with E-state index in [1.165, 1.54) is 0 Å². The van der Waals surface area contributed by atoms with Gasteiger partial charge in [0.25, 0.3) is 0 Å². The summed E-state index contributed by atoms with van der Waals surface area (Å²) in [6, 6.07) is 5.50. The normalized spacial score (nSPS) is 19.9. The SMILES string of the molecule is COc1ccc2c(c1)C(C)CC(=O)O2. The molecule has 2 rings (SSSR count). The van der Waals surface area contributed by atoms with E-state index in [1.807, 2.05) is 13.0 Å². The van der Waals surface area contributed by atoms with Crippen LogP contribution in [0.3, 0.4) is 0 Å². The summed E-state index contributed by atoms with van der Waals surface area (Å²) in [5, 5.41) is 0. The topological polar surface area (TPSA) is 35.5 Å². The zero-order valence-electron chi connectivity index (χ0n) is 8.24. The summed E-state index contributed by atoms with van der Waals surface area (Å²) in [6.07, 6.45) is 0.445. The van der Waals surface area contributed by atoms with Crippen LogP contribution < -0.4 is 9.47 Å². The quantitative estimate of drug-likeness (QED) is 0.505. The predicted molar refractivity (Wildman–Crippen MR) is 51.7 cm³/mol. The van der Waals surface area contributed by atoms with Gasteiger partial charge in [0, 0.05) is 5.56 Å². The Morgan fingerprint density at radius 2 is 2.29 bits per heavy atom. The molecule has 0 spiro atoms. The van der Waals surface area contributed by atoms with Crippen molar-refractivity contribution >= 4 is 5.97 Å². The number of esters is 1. The fourth-order valence-electron chi connectivity index (χ4n) is 1.66. The summed E-state index contributed by atoms with van der Waals surface area (Å²) in [6.45, 7) is 2.01. The molecule has 0 amide bonds. The lowest BCUT2D eigenvalue weighted by molar-refractivity contribution is -0.135. The van der Waals surface area contributed by atoms with Gasteiger partial charge in [0.2, 0.25) is 0 Å². The van der Waals surface area contributed by atoms with E-state index in [4.69, 9.17) is 9.47 Å². The summed E-state index contributed by atoms with van der Waals surface area (Å²) in [5.74, 6) is 1.51. The lowest BCUT2D eigenvalue weighted by Gasteiger charge is -2.21. The molecule has 0 saturated carbocycles. The van der Waals surface area contributed by atoms with Crippen molar-refractivity contribution in [3.8, 4) is 11.5 Å². The number of benzene rings is 1. The van der Waals surface area contributed by atoms with Crippen LogP contribution >= 0.6 is 0 Å². The van der Waals surface area contributed by atoms with Crippen molar-refractivity contribution in [2.24, 2.45) is 0 Å². The Bertz CT molecular complexity index is 371. The van der Waals surface area contributed by atoms with Crippen molar-refractivity contribution in [1.82, 2.24) is 0 Å². The van der Waals surface area contributed by atoms with Gasteiger partial charge in [0.1, 0.15) is 11.5 Å². The van der Waals surface area contributed by atoms with Gasteiger partial charge in [0.15, 0.2) is 0 Å². The minimum Gasteiger partial charge on any atom is -0.497 e. The highest BCUT2D eigenvalue weighted by Crippen LogP contribution is 2.36. The van der Waals surface area contributed by atoms with E-state index in [9.17, 15) is 4.79 Å². The molecule has 0 aliphatic carbocycles. The molecule has 1 aliphatic rings. The average molecular weight is 192 g/mol. The molecule has 0 aromatic heterocycles. The number of rotatable bonds is 1. The van der Waals surface area contributed by atoms with Gasteiger partial charge < -0.3 is 9.47 Å². The van der Waals surface area contributed by atoms with Gasteiger partial charge in [-0.15, -0.1) is 0 Å². The molecule has 0 radical (unpaired) electrons. The average Bonchev–Trinajstić information content (AvgIpc) is 2.17. The largest absolute Gasteiger partial charge is 0.497 e.